The first-order chi connectivity index (χ1) is 26.3. The number of amides is 3. The minimum atomic E-state index is -1.93. The van der Waals surface area contributed by atoms with Crippen LogP contribution in [-0.2, 0) is 27.1 Å². The van der Waals surface area contributed by atoms with Gasteiger partial charge in [0, 0.05) is 53.8 Å². The van der Waals surface area contributed by atoms with Gasteiger partial charge < -0.3 is 29.4 Å². The Morgan fingerprint density at radius 1 is 1.02 bits per heavy atom. The minimum Gasteiger partial charge on any atom is -0.481 e. The molecule has 0 bridgehead atoms. The molecular weight excluding hydrogens is 748 g/mol. The second kappa shape index (κ2) is 17.1. The molecule has 1 aliphatic rings. The normalized spacial score (nSPS) is 14.6. The van der Waals surface area contributed by atoms with Gasteiger partial charge in [0.1, 0.15) is 11.3 Å². The van der Waals surface area contributed by atoms with Crippen molar-refractivity contribution in [3.63, 3.8) is 0 Å². The van der Waals surface area contributed by atoms with Crippen LogP contribution in [0.2, 0.25) is 23.2 Å². The van der Waals surface area contributed by atoms with Gasteiger partial charge in [0.2, 0.25) is 11.8 Å². The Balaban J connectivity index is 1.34. The van der Waals surface area contributed by atoms with E-state index in [1.807, 2.05) is 64.1 Å². The maximum absolute atomic E-state index is 13.3. The molecule has 1 fully saturated rings. The molecule has 12 nitrogen and oxygen atoms in total. The molecule has 3 aromatic heterocycles. The second-order valence-corrected chi connectivity index (χ2v) is 21.8. The Morgan fingerprint density at radius 2 is 1.77 bits per heavy atom. The quantitative estimate of drug-likeness (QED) is 0.134. The van der Waals surface area contributed by atoms with Crippen LogP contribution in [-0.4, -0.2) is 71.4 Å². The Kier molecular flexibility index (Phi) is 12.9. The van der Waals surface area contributed by atoms with Gasteiger partial charge in [-0.2, -0.15) is 0 Å². The third-order valence-corrected chi connectivity index (χ3v) is 15.0. The molecule has 4 heterocycles. The zero-order valence-corrected chi connectivity index (χ0v) is 35.8. The van der Waals surface area contributed by atoms with Crippen LogP contribution in [0.15, 0.2) is 60.9 Å². The van der Waals surface area contributed by atoms with Crippen LogP contribution in [0.5, 0.6) is 5.88 Å². The number of pyridine rings is 3. The highest BCUT2D eigenvalue weighted by Gasteiger charge is 2.37. The summed E-state index contributed by atoms with van der Waals surface area (Å²) >= 11 is 7.07. The van der Waals surface area contributed by atoms with Gasteiger partial charge in [-0.05, 0) is 93.7 Å². The molecule has 5 rings (SSSR count). The van der Waals surface area contributed by atoms with E-state index in [1.165, 1.54) is 7.11 Å². The predicted molar refractivity (Wildman–Crippen MR) is 221 cm³/mol. The minimum absolute atomic E-state index is 0.0371. The number of anilines is 1. The Morgan fingerprint density at radius 3 is 2.39 bits per heavy atom. The summed E-state index contributed by atoms with van der Waals surface area (Å²) in [6.07, 6.45) is 3.88. The zero-order chi connectivity index (χ0) is 41.0. The lowest BCUT2D eigenvalue weighted by atomic mass is 10.0. The lowest BCUT2D eigenvalue weighted by molar-refractivity contribution is -0.119. The Bertz CT molecular complexity index is 2080. The first-order valence-corrected chi connectivity index (χ1v) is 22.0. The molecule has 1 atom stereocenters. The van der Waals surface area contributed by atoms with Gasteiger partial charge in [-0.15, -0.1) is 0 Å². The van der Waals surface area contributed by atoms with E-state index in [0.717, 1.165) is 16.7 Å². The van der Waals surface area contributed by atoms with Crippen molar-refractivity contribution in [2.24, 2.45) is 0 Å². The molecule has 0 unspecified atom stereocenters. The molecule has 298 valence electrons. The average Bonchev–Trinajstić information content (AvgIpc) is 3.55. The van der Waals surface area contributed by atoms with Crippen LogP contribution in [0.4, 0.5) is 10.5 Å². The lowest BCUT2D eigenvalue weighted by Gasteiger charge is -2.36. The van der Waals surface area contributed by atoms with Crippen molar-refractivity contribution in [3.8, 4) is 28.4 Å². The summed E-state index contributed by atoms with van der Waals surface area (Å²) < 4.78 is 17.7. The average molecular weight is 801 g/mol. The van der Waals surface area contributed by atoms with Gasteiger partial charge in [-0.3, -0.25) is 19.6 Å². The number of hydrogen-bond acceptors (Lipinski definition) is 9. The third kappa shape index (κ3) is 10.3. The molecule has 0 saturated carbocycles. The third-order valence-electron chi connectivity index (χ3n) is 10.1. The van der Waals surface area contributed by atoms with E-state index < -0.39 is 20.0 Å². The van der Waals surface area contributed by atoms with Crippen molar-refractivity contribution in [1.29, 1.82) is 0 Å². The number of carbonyl (C=O) groups excluding carboxylic acids is 3. The molecule has 4 aromatic rings. The molecular formula is C42H53ClN6O6Si. The lowest BCUT2D eigenvalue weighted by Crippen LogP contribution is -2.43. The van der Waals surface area contributed by atoms with Crippen molar-refractivity contribution in [3.05, 3.63) is 88.3 Å². The summed E-state index contributed by atoms with van der Waals surface area (Å²) in [5, 5.41) is 6.38. The highest BCUT2D eigenvalue weighted by atomic mass is 35.5. The number of benzene rings is 1. The molecule has 1 saturated heterocycles. The Labute approximate surface area is 335 Å². The number of methoxy groups -OCH3 is 1. The van der Waals surface area contributed by atoms with Crippen molar-refractivity contribution in [2.75, 3.05) is 19.0 Å². The van der Waals surface area contributed by atoms with Crippen molar-refractivity contribution < 1.29 is 28.3 Å². The number of aromatic nitrogens is 3. The molecule has 3 amide bonds. The molecule has 0 spiro atoms. The van der Waals surface area contributed by atoms with E-state index in [2.05, 4.69) is 54.5 Å². The highest BCUT2D eigenvalue weighted by Crippen LogP contribution is 2.39. The van der Waals surface area contributed by atoms with E-state index in [9.17, 15) is 14.4 Å². The molecule has 1 aromatic carbocycles. The fourth-order valence-electron chi connectivity index (χ4n) is 5.90. The van der Waals surface area contributed by atoms with Gasteiger partial charge in [-0.25, -0.2) is 9.78 Å². The summed E-state index contributed by atoms with van der Waals surface area (Å²) in [6, 6.07) is 14.4. The van der Waals surface area contributed by atoms with Crippen molar-refractivity contribution >= 4 is 43.5 Å². The SMILES string of the molecule is COc1nc(-c2ccnc(-c3cccc(NC(=O)c4ccc(CO[Si](C)(C)C(C)(C)C)cn4)c3C)c2Cl)ccc1CN(C[C@@H]1CCC(=O)N1)C(=O)OC(C)(C)C. The molecule has 0 aliphatic carbocycles. The van der Waals surface area contributed by atoms with E-state index in [4.69, 9.17) is 30.5 Å². The predicted octanol–water partition coefficient (Wildman–Crippen LogP) is 8.97. The van der Waals surface area contributed by atoms with Crippen LogP contribution in [0.25, 0.3) is 22.5 Å². The molecule has 1 aliphatic heterocycles. The van der Waals surface area contributed by atoms with E-state index in [0.29, 0.717) is 58.6 Å². The number of rotatable bonds is 12. The van der Waals surface area contributed by atoms with Gasteiger partial charge in [0.25, 0.3) is 5.91 Å². The van der Waals surface area contributed by atoms with Crippen molar-refractivity contribution in [1.82, 2.24) is 25.2 Å². The van der Waals surface area contributed by atoms with Crippen LogP contribution in [0, 0.1) is 6.92 Å². The topological polar surface area (TPSA) is 145 Å². The summed E-state index contributed by atoms with van der Waals surface area (Å²) in [5.74, 6) is -0.0684. The number of halogens is 1. The van der Waals surface area contributed by atoms with Crippen LogP contribution in [0.3, 0.4) is 0 Å². The van der Waals surface area contributed by atoms with Crippen LogP contribution < -0.4 is 15.4 Å². The number of nitrogens with one attached hydrogen (secondary N) is 2. The van der Waals surface area contributed by atoms with Crippen molar-refractivity contribution in [2.45, 2.75) is 104 Å². The van der Waals surface area contributed by atoms with Crippen LogP contribution in [0.1, 0.15) is 81.6 Å². The highest BCUT2D eigenvalue weighted by molar-refractivity contribution is 6.74. The second-order valence-electron chi connectivity index (χ2n) is 16.6. The first-order valence-electron chi connectivity index (χ1n) is 18.7. The first kappa shape index (κ1) is 42.3. The fraction of sp³-hybridized carbons (Fsp3) is 0.429. The molecule has 2 N–H and O–H groups in total. The van der Waals surface area contributed by atoms with Gasteiger partial charge in [0.15, 0.2) is 8.32 Å². The zero-order valence-electron chi connectivity index (χ0n) is 34.0. The number of carbonyl (C=O) groups is 3. The fourth-order valence-corrected chi connectivity index (χ4v) is 7.17. The molecule has 0 radical (unpaired) electrons. The van der Waals surface area contributed by atoms with Gasteiger partial charge >= 0.3 is 6.09 Å². The number of ether oxygens (including phenoxy) is 2. The van der Waals surface area contributed by atoms with E-state index in [-0.39, 0.29) is 41.7 Å². The molecule has 56 heavy (non-hydrogen) atoms. The Hall–Kier alpha value is -4.85. The summed E-state index contributed by atoms with van der Waals surface area (Å²) in [6.45, 7) is 19.2. The number of nitrogens with zero attached hydrogens (tertiary/aromatic N) is 4. The molecule has 14 heteroatoms. The van der Waals surface area contributed by atoms with Crippen LogP contribution >= 0.6 is 11.6 Å². The van der Waals surface area contributed by atoms with E-state index in [1.54, 1.807) is 29.4 Å². The smallest absolute Gasteiger partial charge is 0.410 e. The summed E-state index contributed by atoms with van der Waals surface area (Å²) in [5.41, 5.74) is 4.92. The van der Waals surface area contributed by atoms with Gasteiger partial charge in [-0.1, -0.05) is 50.6 Å². The largest absolute Gasteiger partial charge is 0.481 e. The van der Waals surface area contributed by atoms with Gasteiger partial charge in [0.05, 0.1) is 36.7 Å². The maximum Gasteiger partial charge on any atom is 0.410 e. The maximum atomic E-state index is 13.3. The monoisotopic (exact) mass is 800 g/mol. The van der Waals surface area contributed by atoms with E-state index >= 15 is 0 Å². The summed E-state index contributed by atoms with van der Waals surface area (Å²) in [7, 11) is -0.410. The summed E-state index contributed by atoms with van der Waals surface area (Å²) in [4.78, 5) is 53.9. The number of hydrogen-bond donors (Lipinski definition) is 2. The standard InChI is InChI=1S/C42H53ClN6O6Si/c1-26-30(12-11-13-32(26)47-38(51)34-17-14-27(22-45-34)25-54-56(9,10)42(5,6)7)37-36(43)31(20-21-44-37)33-18-15-28(39(48-33)53-8)23-49(40(52)55-41(2,3)4)24-29-16-19-35(50)46-29/h11-15,17-18,20-22,29H,16,19,23-25H2,1-10H3,(H,46,50)(H,47,51)/t29-/m0/s1.